The number of nitrogens with zero attached hydrogens (tertiary/aromatic N) is 5. The van der Waals surface area contributed by atoms with Gasteiger partial charge in [-0.1, -0.05) is 171 Å². The van der Waals surface area contributed by atoms with E-state index in [1.165, 1.54) is 127 Å². The Bertz CT molecular complexity index is 4990. The fraction of sp³-hybridized carbons (Fsp3) is 0.114. The van der Waals surface area contributed by atoms with E-state index in [0.717, 1.165) is 66.7 Å². The van der Waals surface area contributed by atoms with E-state index < -0.39 is 0 Å². The zero-order valence-electron chi connectivity index (χ0n) is 47.1. The predicted molar refractivity (Wildman–Crippen MR) is 355 cm³/mol. The van der Waals surface area contributed by atoms with Gasteiger partial charge >= 0.3 is 0 Å². The standard InChI is InChI=1S/C79H61N5/c1-51-29-37-62(38-30-51)83-75-40-34-57(56-33-39-74-67(45-56)64-24-12-14-27-72(64)82(74)61-22-10-5-11-23-61)47-69(75)70-48-59(36-42-76(70)83)63-26-16-21-60-43-58-32-31-54(44-66(58)79(60)63)55-35-41-77-68(46-55)65-25-13-15-28-73(65)84(77)78(81-50-52-17-6-3-7-18-52)49-71(80-2)53-19-8-4-9-20-53/h3-11,15-24,26-29,31-42,44-49,51H,2,12-14,25,30,43,50H2,1H3/b71-49-,81-78+. The third-order valence-corrected chi connectivity index (χ3v) is 18.1. The fourth-order valence-electron chi connectivity index (χ4n) is 14.0. The number of hydrogen-bond acceptors (Lipinski definition) is 2. The van der Waals surface area contributed by atoms with E-state index in [1.807, 2.05) is 18.2 Å². The van der Waals surface area contributed by atoms with E-state index >= 15 is 0 Å². The van der Waals surface area contributed by atoms with Gasteiger partial charge in [0.2, 0.25) is 0 Å². The molecule has 3 aromatic heterocycles. The van der Waals surface area contributed by atoms with Crippen molar-refractivity contribution in [2.75, 3.05) is 0 Å². The highest BCUT2D eigenvalue weighted by molar-refractivity contribution is 6.14. The molecule has 0 amide bonds. The smallest absolute Gasteiger partial charge is 0.135 e. The van der Waals surface area contributed by atoms with Crippen LogP contribution in [0.5, 0.6) is 0 Å². The Kier molecular flexibility index (Phi) is 12.1. The molecule has 0 radical (unpaired) electrons. The largest absolute Gasteiger partial charge is 0.310 e. The SMILES string of the molecule is C=N/C(=C\C(=N/Cc1ccccc1)n1c2c(c3cc(-c4ccc5c(c4)-c4c(cccc4-c4ccc6c(c4)c4cc(-c7ccc8c(c7)c7c(n8-c8ccccc8)=CCCC=7)ccc4n6C4=CCC(C)C=C4)C5)ccc31)CCC=C2)c1ccccc1. The lowest BCUT2D eigenvalue weighted by Crippen LogP contribution is -2.30. The summed E-state index contributed by atoms with van der Waals surface area (Å²) in [6, 6.07) is 74.2. The minimum atomic E-state index is 0.518. The van der Waals surface area contributed by atoms with Crippen molar-refractivity contribution < 1.29 is 0 Å². The number of aliphatic imine (C=N–C) groups is 2. The maximum atomic E-state index is 5.36. The zero-order chi connectivity index (χ0) is 55.8. The van der Waals surface area contributed by atoms with Gasteiger partial charge in [-0.05, 0) is 197 Å². The van der Waals surface area contributed by atoms with Gasteiger partial charge < -0.3 is 9.13 Å². The fourth-order valence-corrected chi connectivity index (χ4v) is 14.0. The normalized spacial score (nSPS) is 15.4. The summed E-state index contributed by atoms with van der Waals surface area (Å²) in [6.07, 6.45) is 24.7. The van der Waals surface area contributed by atoms with Crippen LogP contribution >= 0.6 is 0 Å². The molecule has 0 saturated carbocycles. The number of aromatic nitrogens is 3. The molecule has 4 aliphatic carbocycles. The van der Waals surface area contributed by atoms with Crippen molar-refractivity contribution >= 4 is 85.8 Å². The van der Waals surface area contributed by atoms with Gasteiger partial charge in [0.05, 0.1) is 40.0 Å². The van der Waals surface area contributed by atoms with Crippen LogP contribution in [0.3, 0.4) is 0 Å². The topological polar surface area (TPSA) is 39.5 Å². The Morgan fingerprint density at radius 2 is 1.21 bits per heavy atom. The quantitative estimate of drug-likeness (QED) is 0.0967. The van der Waals surface area contributed by atoms with Crippen LogP contribution in [-0.2, 0) is 19.4 Å². The molecule has 0 saturated heterocycles. The Morgan fingerprint density at radius 3 is 1.96 bits per heavy atom. The Balaban J connectivity index is 0.806. The third-order valence-electron chi connectivity index (χ3n) is 18.1. The highest BCUT2D eigenvalue weighted by Crippen LogP contribution is 2.47. The van der Waals surface area contributed by atoms with Crippen LogP contribution in [0.15, 0.2) is 241 Å². The number of allylic oxidation sites excluding steroid dienone is 6. The Morgan fingerprint density at radius 1 is 0.560 bits per heavy atom. The molecule has 4 aliphatic rings. The number of hydrogen-bond donors (Lipinski definition) is 0. The number of aryl methyl sites for hydroxylation is 1. The molecule has 9 aromatic carbocycles. The maximum Gasteiger partial charge on any atom is 0.135 e. The average Bonchev–Trinajstić information content (AvgIpc) is 2.35. The number of benzene rings is 9. The van der Waals surface area contributed by atoms with Crippen LogP contribution in [-0.4, -0.2) is 26.3 Å². The van der Waals surface area contributed by atoms with Gasteiger partial charge in [0.25, 0.3) is 0 Å². The van der Waals surface area contributed by atoms with Crippen LogP contribution in [0.4, 0.5) is 0 Å². The number of fused-ring (bicyclic) bond motifs is 12. The van der Waals surface area contributed by atoms with E-state index in [2.05, 4.69) is 263 Å². The third kappa shape index (κ3) is 8.36. The van der Waals surface area contributed by atoms with Crippen molar-refractivity contribution in [1.82, 2.24) is 13.7 Å². The minimum Gasteiger partial charge on any atom is -0.310 e. The second kappa shape index (κ2) is 20.4. The maximum absolute atomic E-state index is 5.36. The first kappa shape index (κ1) is 49.7. The molecule has 0 bridgehead atoms. The molecular weight excluding hydrogens is 1020 g/mol. The summed E-state index contributed by atoms with van der Waals surface area (Å²) in [5, 5.41) is 7.72. The van der Waals surface area contributed by atoms with Crippen LogP contribution in [0.25, 0.3) is 123 Å². The first-order chi connectivity index (χ1) is 41.5. The van der Waals surface area contributed by atoms with Crippen LogP contribution < -0.4 is 10.6 Å². The summed E-state index contributed by atoms with van der Waals surface area (Å²) in [5.41, 5.74) is 25.5. The van der Waals surface area contributed by atoms with Crippen molar-refractivity contribution in [2.45, 2.75) is 52.0 Å². The van der Waals surface area contributed by atoms with E-state index in [1.54, 1.807) is 0 Å². The molecule has 3 heterocycles. The van der Waals surface area contributed by atoms with Gasteiger partial charge in [-0.25, -0.2) is 0 Å². The summed E-state index contributed by atoms with van der Waals surface area (Å²) >= 11 is 0. The Labute approximate surface area is 489 Å². The van der Waals surface area contributed by atoms with Gasteiger partial charge in [0, 0.05) is 55.1 Å². The summed E-state index contributed by atoms with van der Waals surface area (Å²) in [6.45, 7) is 6.86. The van der Waals surface area contributed by atoms with E-state index in [-0.39, 0.29) is 0 Å². The van der Waals surface area contributed by atoms with Gasteiger partial charge in [0.1, 0.15) is 5.84 Å². The summed E-state index contributed by atoms with van der Waals surface area (Å²) in [7, 11) is 0. The van der Waals surface area contributed by atoms with Crippen molar-refractivity contribution in [2.24, 2.45) is 15.9 Å². The van der Waals surface area contributed by atoms with Crippen LogP contribution in [0.1, 0.15) is 66.1 Å². The molecule has 0 N–H and O–H groups in total. The van der Waals surface area contributed by atoms with Gasteiger partial charge in [-0.2, -0.15) is 0 Å². The molecule has 16 rings (SSSR count). The highest BCUT2D eigenvalue weighted by Gasteiger charge is 2.26. The highest BCUT2D eigenvalue weighted by atomic mass is 15.1. The lowest BCUT2D eigenvalue weighted by molar-refractivity contribution is 0.735. The van der Waals surface area contributed by atoms with Crippen molar-refractivity contribution in [3.05, 3.63) is 275 Å². The minimum absolute atomic E-state index is 0.518. The van der Waals surface area contributed by atoms with E-state index in [0.29, 0.717) is 12.5 Å². The van der Waals surface area contributed by atoms with E-state index in [9.17, 15) is 0 Å². The molecule has 0 fully saturated rings. The second-order valence-corrected chi connectivity index (χ2v) is 23.2. The molecule has 5 nitrogen and oxygen atoms in total. The number of rotatable bonds is 10. The molecule has 1 atom stereocenters. The molecule has 0 spiro atoms. The first-order valence-electron chi connectivity index (χ1n) is 29.8. The predicted octanol–water partition coefficient (Wildman–Crippen LogP) is 18.2. The average molecular weight is 1080 g/mol. The Hall–Kier alpha value is -10.1. The molecule has 84 heavy (non-hydrogen) atoms. The summed E-state index contributed by atoms with van der Waals surface area (Å²) in [5.74, 6) is 1.35. The molecule has 1 unspecified atom stereocenters. The monoisotopic (exact) mass is 1080 g/mol. The summed E-state index contributed by atoms with van der Waals surface area (Å²) < 4.78 is 7.29. The zero-order valence-corrected chi connectivity index (χ0v) is 47.1. The summed E-state index contributed by atoms with van der Waals surface area (Å²) in [4.78, 5) is 9.91. The van der Waals surface area contributed by atoms with Gasteiger partial charge in [-0.3, -0.25) is 14.6 Å². The number of para-hydroxylation sites is 1. The molecule has 12 aromatic rings. The lowest BCUT2D eigenvalue weighted by Gasteiger charge is -2.16. The van der Waals surface area contributed by atoms with Crippen LogP contribution in [0, 0.1) is 5.92 Å². The molecule has 402 valence electrons. The van der Waals surface area contributed by atoms with E-state index in [4.69, 9.17) is 4.99 Å². The van der Waals surface area contributed by atoms with Crippen molar-refractivity contribution in [3.63, 3.8) is 0 Å². The second-order valence-electron chi connectivity index (χ2n) is 23.2. The molecular formula is C79H61N5. The molecule has 5 heteroatoms. The first-order valence-corrected chi connectivity index (χ1v) is 29.8. The van der Waals surface area contributed by atoms with Crippen molar-refractivity contribution in [3.8, 4) is 50.2 Å². The van der Waals surface area contributed by atoms with Crippen LogP contribution in [0.2, 0.25) is 0 Å². The van der Waals surface area contributed by atoms with Gasteiger partial charge in [0.15, 0.2) is 0 Å². The van der Waals surface area contributed by atoms with Crippen molar-refractivity contribution in [1.29, 1.82) is 0 Å². The molecule has 0 aliphatic heterocycles. The lowest BCUT2D eigenvalue weighted by atomic mass is 9.91. The van der Waals surface area contributed by atoms with Gasteiger partial charge in [-0.15, -0.1) is 0 Å².